The molecule has 0 aliphatic heterocycles. The Morgan fingerprint density at radius 2 is 2.33 bits per heavy atom. The predicted molar refractivity (Wildman–Crippen MR) is 61.6 cm³/mol. The molecule has 3 nitrogen and oxygen atoms in total. The molecule has 2 N–H and O–H groups in total. The van der Waals surface area contributed by atoms with E-state index in [0.717, 1.165) is 12.3 Å². The summed E-state index contributed by atoms with van der Waals surface area (Å²) in [5, 5.41) is 0. The molecule has 1 aromatic heterocycles. The second-order valence-electron chi connectivity index (χ2n) is 4.78. The quantitative estimate of drug-likeness (QED) is 0.806. The molecule has 3 atom stereocenters. The van der Waals surface area contributed by atoms with Crippen molar-refractivity contribution >= 4 is 0 Å². The molecular formula is C12H21N3. The van der Waals surface area contributed by atoms with E-state index in [1.807, 2.05) is 12.5 Å². The predicted octanol–water partition coefficient (Wildman–Crippen LogP) is 2.04. The van der Waals surface area contributed by atoms with Gasteiger partial charge < -0.3 is 10.3 Å². The molecule has 3 heteroatoms. The van der Waals surface area contributed by atoms with Crippen LogP contribution in [0.25, 0.3) is 0 Å². The second-order valence-corrected chi connectivity index (χ2v) is 4.78. The molecule has 0 spiro atoms. The molecular weight excluding hydrogens is 186 g/mol. The van der Waals surface area contributed by atoms with Crippen molar-refractivity contribution in [3.05, 3.63) is 18.2 Å². The minimum atomic E-state index is 0.382. The van der Waals surface area contributed by atoms with Crippen LogP contribution in [0.1, 0.15) is 44.2 Å². The summed E-state index contributed by atoms with van der Waals surface area (Å²) in [4.78, 5) is 4.21. The van der Waals surface area contributed by atoms with E-state index in [9.17, 15) is 0 Å². The van der Waals surface area contributed by atoms with E-state index in [0.29, 0.717) is 12.0 Å². The maximum atomic E-state index is 6.07. The molecule has 1 fully saturated rings. The van der Waals surface area contributed by atoms with Gasteiger partial charge in [-0.05, 0) is 25.2 Å². The number of nitrogens with zero attached hydrogens (tertiary/aromatic N) is 2. The van der Waals surface area contributed by atoms with Crippen molar-refractivity contribution in [2.45, 2.75) is 44.6 Å². The molecule has 0 radical (unpaired) electrons. The van der Waals surface area contributed by atoms with E-state index in [1.54, 1.807) is 0 Å². The largest absolute Gasteiger partial charge is 0.337 e. The van der Waals surface area contributed by atoms with Gasteiger partial charge >= 0.3 is 0 Å². The van der Waals surface area contributed by atoms with E-state index < -0.39 is 0 Å². The second kappa shape index (κ2) is 4.35. The summed E-state index contributed by atoms with van der Waals surface area (Å²) in [6.45, 7) is 2.28. The summed E-state index contributed by atoms with van der Waals surface area (Å²) in [6.07, 6.45) is 8.73. The lowest BCUT2D eigenvalue weighted by molar-refractivity contribution is 0.266. The summed E-state index contributed by atoms with van der Waals surface area (Å²) in [5.41, 5.74) is 7.43. The molecule has 1 heterocycles. The normalized spacial score (nSPS) is 31.8. The van der Waals surface area contributed by atoms with Gasteiger partial charge in [0.1, 0.15) is 0 Å². The lowest BCUT2D eigenvalue weighted by Gasteiger charge is -2.34. The van der Waals surface area contributed by atoms with Crippen molar-refractivity contribution in [2.24, 2.45) is 18.7 Å². The molecule has 2 rings (SSSR count). The highest BCUT2D eigenvalue weighted by Gasteiger charge is 2.30. The molecule has 15 heavy (non-hydrogen) atoms. The maximum absolute atomic E-state index is 6.07. The van der Waals surface area contributed by atoms with Gasteiger partial charge in [-0.15, -0.1) is 0 Å². The van der Waals surface area contributed by atoms with E-state index in [1.165, 1.54) is 25.0 Å². The fraction of sp³-hybridized carbons (Fsp3) is 0.750. The molecule has 0 aromatic carbocycles. The Labute approximate surface area is 91.7 Å². The summed E-state index contributed by atoms with van der Waals surface area (Å²) in [7, 11) is 2.08. The van der Waals surface area contributed by atoms with Gasteiger partial charge in [-0.25, -0.2) is 4.98 Å². The summed E-state index contributed by atoms with van der Waals surface area (Å²) in [6, 6.07) is 0.382. The van der Waals surface area contributed by atoms with Gasteiger partial charge in [0, 0.05) is 30.9 Å². The van der Waals surface area contributed by atoms with Gasteiger partial charge in [-0.3, -0.25) is 0 Å². The number of aryl methyl sites for hydroxylation is 1. The first-order valence-corrected chi connectivity index (χ1v) is 5.94. The van der Waals surface area contributed by atoms with Gasteiger partial charge in [-0.2, -0.15) is 0 Å². The van der Waals surface area contributed by atoms with Crippen LogP contribution in [0.5, 0.6) is 0 Å². The highest BCUT2D eigenvalue weighted by Crippen LogP contribution is 2.38. The molecule has 84 valence electrons. The van der Waals surface area contributed by atoms with Crippen molar-refractivity contribution in [1.29, 1.82) is 0 Å². The highest BCUT2D eigenvalue weighted by molar-refractivity contribution is 5.10. The zero-order valence-corrected chi connectivity index (χ0v) is 9.69. The fourth-order valence-electron chi connectivity index (χ4n) is 2.84. The van der Waals surface area contributed by atoms with Gasteiger partial charge in [0.2, 0.25) is 0 Å². The number of hydrogen-bond acceptors (Lipinski definition) is 2. The number of nitrogens with two attached hydrogens (primary N) is 1. The Kier molecular flexibility index (Phi) is 3.10. The van der Waals surface area contributed by atoms with Crippen LogP contribution in [-0.4, -0.2) is 15.6 Å². The number of aromatic nitrogens is 2. The van der Waals surface area contributed by atoms with Crippen molar-refractivity contribution < 1.29 is 0 Å². The Bertz CT molecular complexity index is 318. The van der Waals surface area contributed by atoms with Crippen LogP contribution in [0, 0.1) is 5.92 Å². The van der Waals surface area contributed by atoms with Crippen molar-refractivity contribution in [3.8, 4) is 0 Å². The molecule has 1 saturated carbocycles. The topological polar surface area (TPSA) is 43.8 Å². The van der Waals surface area contributed by atoms with Crippen molar-refractivity contribution in [3.63, 3.8) is 0 Å². The Morgan fingerprint density at radius 1 is 1.53 bits per heavy atom. The standard InChI is InChI=1S/C12H21N3/c1-3-9-4-5-10(13)6-11(9)12-7-14-8-15(12)2/h7-11H,3-6,13H2,1-2H3. The average molecular weight is 207 g/mol. The number of hydrogen-bond donors (Lipinski definition) is 1. The Hall–Kier alpha value is -0.830. The third-order valence-electron chi connectivity index (χ3n) is 3.79. The zero-order valence-electron chi connectivity index (χ0n) is 9.69. The molecule has 1 aliphatic rings. The minimum Gasteiger partial charge on any atom is -0.337 e. The smallest absolute Gasteiger partial charge is 0.0945 e. The SMILES string of the molecule is CCC1CCC(N)CC1c1cncn1C. The third-order valence-corrected chi connectivity index (χ3v) is 3.79. The van der Waals surface area contributed by atoms with Crippen LogP contribution in [0.4, 0.5) is 0 Å². The number of imidazole rings is 1. The summed E-state index contributed by atoms with van der Waals surface area (Å²) in [5.74, 6) is 1.41. The van der Waals surface area contributed by atoms with Gasteiger partial charge in [0.15, 0.2) is 0 Å². The van der Waals surface area contributed by atoms with Crippen LogP contribution in [0.15, 0.2) is 12.5 Å². The minimum absolute atomic E-state index is 0.382. The highest BCUT2D eigenvalue weighted by atomic mass is 15.0. The van der Waals surface area contributed by atoms with Gasteiger partial charge in [-0.1, -0.05) is 13.3 Å². The zero-order chi connectivity index (χ0) is 10.8. The van der Waals surface area contributed by atoms with E-state index >= 15 is 0 Å². The van der Waals surface area contributed by atoms with Crippen LogP contribution in [0.3, 0.4) is 0 Å². The lowest BCUT2D eigenvalue weighted by Crippen LogP contribution is -2.32. The lowest BCUT2D eigenvalue weighted by atomic mass is 9.74. The monoisotopic (exact) mass is 207 g/mol. The molecule has 1 aliphatic carbocycles. The first-order valence-electron chi connectivity index (χ1n) is 5.94. The Balaban J connectivity index is 2.20. The molecule has 0 amide bonds. The Morgan fingerprint density at radius 3 is 2.93 bits per heavy atom. The molecule has 1 aromatic rings. The molecule has 0 bridgehead atoms. The third kappa shape index (κ3) is 2.07. The van der Waals surface area contributed by atoms with Crippen LogP contribution in [0.2, 0.25) is 0 Å². The molecule has 3 unspecified atom stereocenters. The summed E-state index contributed by atoms with van der Waals surface area (Å²) >= 11 is 0. The first kappa shape index (κ1) is 10.7. The van der Waals surface area contributed by atoms with E-state index in [2.05, 4.69) is 23.5 Å². The maximum Gasteiger partial charge on any atom is 0.0945 e. The van der Waals surface area contributed by atoms with Crippen LogP contribution < -0.4 is 5.73 Å². The fourth-order valence-corrected chi connectivity index (χ4v) is 2.84. The van der Waals surface area contributed by atoms with E-state index in [4.69, 9.17) is 5.73 Å². The average Bonchev–Trinajstić information content (AvgIpc) is 2.64. The summed E-state index contributed by atoms with van der Waals surface area (Å²) < 4.78 is 2.14. The van der Waals surface area contributed by atoms with Crippen molar-refractivity contribution in [1.82, 2.24) is 9.55 Å². The van der Waals surface area contributed by atoms with Crippen LogP contribution in [-0.2, 0) is 7.05 Å². The molecule has 0 saturated heterocycles. The van der Waals surface area contributed by atoms with Gasteiger partial charge in [0.25, 0.3) is 0 Å². The van der Waals surface area contributed by atoms with Gasteiger partial charge in [0.05, 0.1) is 6.33 Å². The van der Waals surface area contributed by atoms with Crippen LogP contribution >= 0.6 is 0 Å². The van der Waals surface area contributed by atoms with Crippen molar-refractivity contribution in [2.75, 3.05) is 0 Å². The number of rotatable bonds is 2. The van der Waals surface area contributed by atoms with E-state index in [-0.39, 0.29) is 0 Å². The first-order chi connectivity index (χ1) is 7.22.